The Labute approximate surface area is 127 Å². The van der Waals surface area contributed by atoms with Crippen molar-refractivity contribution in [3.05, 3.63) is 47.7 Å². The Morgan fingerprint density at radius 2 is 2.14 bits per heavy atom. The van der Waals surface area contributed by atoms with Crippen molar-refractivity contribution in [1.82, 2.24) is 4.98 Å². The molecule has 0 unspecified atom stereocenters. The van der Waals surface area contributed by atoms with Gasteiger partial charge in [0.2, 0.25) is 5.91 Å². The molecular weight excluding hydrogens is 284 g/mol. The first-order valence-electron chi connectivity index (χ1n) is 6.73. The topological polar surface area (TPSA) is 51.2 Å². The first-order chi connectivity index (χ1) is 10.2. The fraction of sp³-hybridized carbons (Fsp3) is 0.250. The molecule has 21 heavy (non-hydrogen) atoms. The zero-order valence-corrected chi connectivity index (χ0v) is 12.7. The normalized spacial score (nSPS) is 16.4. The smallest absolute Gasteiger partial charge is 0.234 e. The fourth-order valence-corrected chi connectivity index (χ4v) is 3.61. The van der Waals surface area contributed by atoms with Crippen molar-refractivity contribution in [3.8, 4) is 5.75 Å². The number of aromatic nitrogens is 1. The number of ether oxygens (including phenoxy) is 1. The maximum absolute atomic E-state index is 12.5. The molecule has 2 heterocycles. The van der Waals surface area contributed by atoms with Crippen LogP contribution < -0.4 is 10.1 Å². The number of amides is 1. The Kier molecular flexibility index (Phi) is 3.84. The second kappa shape index (κ2) is 5.77. The Morgan fingerprint density at radius 3 is 2.95 bits per heavy atom. The van der Waals surface area contributed by atoms with Gasteiger partial charge in [0.25, 0.3) is 0 Å². The highest BCUT2D eigenvalue weighted by atomic mass is 32.2. The molecule has 1 N–H and O–H groups in total. The van der Waals surface area contributed by atoms with Crippen molar-refractivity contribution in [1.29, 1.82) is 0 Å². The highest BCUT2D eigenvalue weighted by Crippen LogP contribution is 2.40. The highest BCUT2D eigenvalue weighted by molar-refractivity contribution is 7.99. The van der Waals surface area contributed by atoms with E-state index in [1.807, 2.05) is 37.3 Å². The Hall–Kier alpha value is -2.01. The molecule has 0 radical (unpaired) electrons. The van der Waals surface area contributed by atoms with E-state index in [0.29, 0.717) is 11.6 Å². The summed E-state index contributed by atoms with van der Waals surface area (Å²) in [4.78, 5) is 18.1. The molecule has 0 spiro atoms. The number of fused-ring (bicyclic) bond motifs is 1. The molecule has 1 aromatic heterocycles. The van der Waals surface area contributed by atoms with Gasteiger partial charge in [-0.2, -0.15) is 0 Å². The van der Waals surface area contributed by atoms with Crippen LogP contribution in [0.4, 0.5) is 5.82 Å². The first kappa shape index (κ1) is 13.9. The van der Waals surface area contributed by atoms with Crippen molar-refractivity contribution in [2.24, 2.45) is 0 Å². The molecule has 0 aliphatic carbocycles. The summed E-state index contributed by atoms with van der Waals surface area (Å²) in [5, 5.41) is 2.90. The largest absolute Gasteiger partial charge is 0.493 e. The molecule has 1 aliphatic heterocycles. The minimum atomic E-state index is -0.141. The number of hydrogen-bond acceptors (Lipinski definition) is 4. The zero-order valence-electron chi connectivity index (χ0n) is 11.9. The lowest BCUT2D eigenvalue weighted by atomic mass is 10.0. The number of rotatable bonds is 3. The maximum Gasteiger partial charge on any atom is 0.234 e. The van der Waals surface area contributed by atoms with E-state index in [1.54, 1.807) is 18.9 Å². The van der Waals surface area contributed by atoms with E-state index in [9.17, 15) is 4.79 Å². The van der Waals surface area contributed by atoms with Gasteiger partial charge < -0.3 is 10.1 Å². The highest BCUT2D eigenvalue weighted by Gasteiger charge is 2.29. The van der Waals surface area contributed by atoms with Crippen LogP contribution in [0, 0.1) is 6.92 Å². The number of carbonyl (C=O) groups excluding carboxylic acids is 1. The number of hydrogen-bond donors (Lipinski definition) is 1. The second-order valence-electron chi connectivity index (χ2n) is 4.89. The van der Waals surface area contributed by atoms with Crippen LogP contribution in [0.5, 0.6) is 5.75 Å². The molecule has 0 saturated carbocycles. The van der Waals surface area contributed by atoms with Gasteiger partial charge >= 0.3 is 0 Å². The predicted molar refractivity (Wildman–Crippen MR) is 84.1 cm³/mol. The van der Waals surface area contributed by atoms with Crippen LogP contribution in [0.1, 0.15) is 17.2 Å². The zero-order chi connectivity index (χ0) is 14.8. The van der Waals surface area contributed by atoms with Crippen molar-refractivity contribution < 1.29 is 9.53 Å². The van der Waals surface area contributed by atoms with Gasteiger partial charge in [0, 0.05) is 16.3 Å². The summed E-state index contributed by atoms with van der Waals surface area (Å²) < 4.78 is 5.25. The summed E-state index contributed by atoms with van der Waals surface area (Å²) in [6, 6.07) is 11.7. The quantitative estimate of drug-likeness (QED) is 0.945. The molecule has 1 aliphatic rings. The van der Waals surface area contributed by atoms with Gasteiger partial charge in [0.05, 0.1) is 13.0 Å². The van der Waals surface area contributed by atoms with E-state index in [4.69, 9.17) is 4.74 Å². The molecule has 0 saturated heterocycles. The first-order valence-corrected chi connectivity index (χ1v) is 7.72. The summed E-state index contributed by atoms with van der Waals surface area (Å²) in [6.07, 6.45) is 0. The lowest BCUT2D eigenvalue weighted by Crippen LogP contribution is -2.22. The van der Waals surface area contributed by atoms with Crippen LogP contribution in [0.15, 0.2) is 41.3 Å². The molecule has 0 bridgehead atoms. The van der Waals surface area contributed by atoms with E-state index < -0.39 is 0 Å². The van der Waals surface area contributed by atoms with E-state index >= 15 is 0 Å². The SMILES string of the molecule is COc1ccc(C)nc1NC(=O)[C@H]1CSc2ccccc21. The summed E-state index contributed by atoms with van der Waals surface area (Å²) in [5.74, 6) is 1.64. The number of thioether (sulfide) groups is 1. The Morgan fingerprint density at radius 1 is 1.33 bits per heavy atom. The molecule has 3 rings (SSSR count). The maximum atomic E-state index is 12.5. The second-order valence-corrected chi connectivity index (χ2v) is 5.96. The number of carbonyl (C=O) groups is 1. The third kappa shape index (κ3) is 2.74. The van der Waals surface area contributed by atoms with E-state index in [1.165, 1.54) is 4.90 Å². The van der Waals surface area contributed by atoms with Gasteiger partial charge in [0.1, 0.15) is 0 Å². The van der Waals surface area contributed by atoms with Gasteiger partial charge in [-0.15, -0.1) is 11.8 Å². The number of methoxy groups -OCH3 is 1. The third-order valence-corrected chi connectivity index (χ3v) is 4.66. The number of pyridine rings is 1. The number of nitrogens with zero attached hydrogens (tertiary/aromatic N) is 1. The lowest BCUT2D eigenvalue weighted by molar-refractivity contribution is -0.117. The Bertz CT molecular complexity index is 688. The molecule has 1 atom stereocenters. The van der Waals surface area contributed by atoms with Crippen LogP contribution in [0.2, 0.25) is 0 Å². The minimum absolute atomic E-state index is 0.0381. The van der Waals surface area contributed by atoms with Crippen LogP contribution in [-0.2, 0) is 4.79 Å². The van der Waals surface area contributed by atoms with E-state index in [2.05, 4.69) is 16.4 Å². The molecule has 108 valence electrons. The van der Waals surface area contributed by atoms with Gasteiger partial charge in [-0.3, -0.25) is 4.79 Å². The van der Waals surface area contributed by atoms with Crippen molar-refractivity contribution >= 4 is 23.5 Å². The fourth-order valence-electron chi connectivity index (χ4n) is 2.38. The summed E-state index contributed by atoms with van der Waals surface area (Å²) >= 11 is 1.72. The predicted octanol–water partition coefficient (Wildman–Crippen LogP) is 3.23. The molecule has 4 nitrogen and oxygen atoms in total. The molecule has 0 fully saturated rings. The van der Waals surface area contributed by atoms with Gasteiger partial charge in [-0.05, 0) is 30.7 Å². The summed E-state index contributed by atoms with van der Waals surface area (Å²) in [7, 11) is 1.57. The third-order valence-electron chi connectivity index (χ3n) is 3.48. The van der Waals surface area contributed by atoms with Crippen LogP contribution in [0.3, 0.4) is 0 Å². The molecule has 1 amide bonds. The van der Waals surface area contributed by atoms with Gasteiger partial charge in [-0.25, -0.2) is 4.98 Å². The number of nitrogens with one attached hydrogen (secondary N) is 1. The Balaban J connectivity index is 1.83. The van der Waals surface area contributed by atoms with E-state index in [0.717, 1.165) is 17.0 Å². The van der Waals surface area contributed by atoms with Crippen molar-refractivity contribution in [2.75, 3.05) is 18.2 Å². The van der Waals surface area contributed by atoms with Gasteiger partial charge in [0.15, 0.2) is 11.6 Å². The number of anilines is 1. The molecular formula is C16H16N2O2S. The van der Waals surface area contributed by atoms with Crippen molar-refractivity contribution in [2.45, 2.75) is 17.7 Å². The average molecular weight is 300 g/mol. The van der Waals surface area contributed by atoms with Crippen LogP contribution >= 0.6 is 11.8 Å². The van der Waals surface area contributed by atoms with Gasteiger partial charge in [-0.1, -0.05) is 18.2 Å². The number of benzene rings is 1. The molecule has 5 heteroatoms. The molecule has 1 aromatic carbocycles. The molecule has 2 aromatic rings. The summed E-state index contributed by atoms with van der Waals surface area (Å²) in [5.41, 5.74) is 1.93. The van der Waals surface area contributed by atoms with Crippen LogP contribution in [-0.4, -0.2) is 23.8 Å². The standard InChI is InChI=1S/C16H16N2O2S/c1-10-7-8-13(20-2)15(17-10)18-16(19)12-9-21-14-6-4-3-5-11(12)14/h3-8,12H,9H2,1-2H3,(H,17,18,19)/t12-/m0/s1. The van der Waals surface area contributed by atoms with E-state index in [-0.39, 0.29) is 11.8 Å². The number of aryl methyl sites for hydroxylation is 1. The minimum Gasteiger partial charge on any atom is -0.493 e. The van der Waals surface area contributed by atoms with Crippen molar-refractivity contribution in [3.63, 3.8) is 0 Å². The summed E-state index contributed by atoms with van der Waals surface area (Å²) in [6.45, 7) is 1.88. The lowest BCUT2D eigenvalue weighted by Gasteiger charge is -2.13. The monoisotopic (exact) mass is 300 g/mol. The van der Waals surface area contributed by atoms with Crippen LogP contribution in [0.25, 0.3) is 0 Å². The average Bonchev–Trinajstić information content (AvgIpc) is 2.91.